The van der Waals surface area contributed by atoms with Gasteiger partial charge in [0.2, 0.25) is 5.91 Å². The van der Waals surface area contributed by atoms with Gasteiger partial charge in [-0.05, 0) is 81.3 Å². The van der Waals surface area contributed by atoms with Crippen LogP contribution in [0.2, 0.25) is 0 Å². The lowest BCUT2D eigenvalue weighted by Gasteiger charge is -2.41. The van der Waals surface area contributed by atoms with Crippen molar-refractivity contribution in [3.8, 4) is 0 Å². The fourth-order valence-electron chi connectivity index (χ4n) is 5.79. The van der Waals surface area contributed by atoms with Gasteiger partial charge in [0.15, 0.2) is 9.84 Å². The number of carbonyl (C=O) groups excluding carboxylic acids is 2. The number of hydrogen-bond acceptors (Lipinski definition) is 5. The highest BCUT2D eigenvalue weighted by molar-refractivity contribution is 7.91. The molecular weight excluding hydrogens is 555 g/mol. The number of nitrogens with zero attached hydrogens (tertiary/aromatic N) is 1. The van der Waals surface area contributed by atoms with Crippen LogP contribution in [-0.2, 0) is 20.8 Å². The summed E-state index contributed by atoms with van der Waals surface area (Å²) < 4.78 is 66.2. The molecule has 0 radical (unpaired) electrons. The van der Waals surface area contributed by atoms with Gasteiger partial charge in [-0.2, -0.15) is 13.2 Å². The third kappa shape index (κ3) is 7.68. The zero-order valence-corrected chi connectivity index (χ0v) is 24.4. The molecule has 2 amide bonds. The van der Waals surface area contributed by atoms with Crippen LogP contribution in [0.3, 0.4) is 0 Å². The summed E-state index contributed by atoms with van der Waals surface area (Å²) in [7, 11) is -3.62. The van der Waals surface area contributed by atoms with Gasteiger partial charge in [-0.25, -0.2) is 8.42 Å². The number of aryl methyl sites for hydroxylation is 1. The average molecular weight is 594 g/mol. The van der Waals surface area contributed by atoms with Gasteiger partial charge in [-0.1, -0.05) is 37.6 Å². The van der Waals surface area contributed by atoms with E-state index in [-0.39, 0.29) is 40.1 Å². The minimum atomic E-state index is -4.59. The van der Waals surface area contributed by atoms with Crippen LogP contribution in [0.15, 0.2) is 53.4 Å². The van der Waals surface area contributed by atoms with Gasteiger partial charge in [0.05, 0.1) is 16.2 Å². The Balaban J connectivity index is 1.49. The van der Waals surface area contributed by atoms with Gasteiger partial charge in [0.1, 0.15) is 6.04 Å². The lowest BCUT2D eigenvalue weighted by molar-refractivity contribution is -0.137. The van der Waals surface area contributed by atoms with E-state index in [0.29, 0.717) is 31.7 Å². The molecule has 1 saturated heterocycles. The van der Waals surface area contributed by atoms with Crippen LogP contribution in [0, 0.1) is 18.8 Å². The quantitative estimate of drug-likeness (QED) is 0.443. The lowest BCUT2D eigenvalue weighted by atomic mass is 9.81. The van der Waals surface area contributed by atoms with Crippen molar-refractivity contribution in [3.05, 3.63) is 65.2 Å². The number of likely N-dealkylation sites (tertiary alicyclic amines) is 1. The van der Waals surface area contributed by atoms with Gasteiger partial charge in [0, 0.05) is 24.2 Å². The Kier molecular flexibility index (Phi) is 9.48. The highest BCUT2D eigenvalue weighted by atomic mass is 32.2. The van der Waals surface area contributed by atoms with E-state index in [1.807, 2.05) is 6.92 Å². The van der Waals surface area contributed by atoms with E-state index in [0.717, 1.165) is 36.7 Å². The van der Waals surface area contributed by atoms with Gasteiger partial charge in [-0.15, -0.1) is 0 Å². The largest absolute Gasteiger partial charge is 0.416 e. The molecule has 2 fully saturated rings. The van der Waals surface area contributed by atoms with E-state index in [2.05, 4.69) is 24.5 Å². The van der Waals surface area contributed by atoms with Crippen molar-refractivity contribution < 1.29 is 31.2 Å². The first-order valence-electron chi connectivity index (χ1n) is 14.1. The summed E-state index contributed by atoms with van der Waals surface area (Å²) in [5.41, 5.74) is -0.159. The first-order chi connectivity index (χ1) is 19.2. The molecule has 1 aliphatic heterocycles. The smallest absolute Gasteiger partial charge is 0.340 e. The Bertz CT molecular complexity index is 1350. The van der Waals surface area contributed by atoms with Crippen LogP contribution in [0.4, 0.5) is 13.2 Å². The van der Waals surface area contributed by atoms with Crippen LogP contribution < -0.4 is 10.6 Å². The Morgan fingerprint density at radius 1 is 1.07 bits per heavy atom. The van der Waals surface area contributed by atoms with Crippen molar-refractivity contribution in [2.75, 3.05) is 18.8 Å². The molecule has 11 heteroatoms. The second-order valence-corrected chi connectivity index (χ2v) is 13.7. The number of carbonyl (C=O) groups is 2. The highest BCUT2D eigenvalue weighted by Gasteiger charge is 2.43. The van der Waals surface area contributed by atoms with Gasteiger partial charge < -0.3 is 15.5 Å². The molecule has 2 aromatic carbocycles. The normalized spacial score (nSPS) is 23.7. The van der Waals surface area contributed by atoms with Gasteiger partial charge in [-0.3, -0.25) is 9.59 Å². The van der Waals surface area contributed by atoms with Crippen LogP contribution in [0.25, 0.3) is 0 Å². The number of rotatable bonds is 9. The number of halogens is 3. The van der Waals surface area contributed by atoms with Crippen molar-refractivity contribution in [1.82, 2.24) is 15.5 Å². The summed E-state index contributed by atoms with van der Waals surface area (Å²) in [4.78, 5) is 28.2. The summed E-state index contributed by atoms with van der Waals surface area (Å²) in [6.45, 7) is 7.24. The first-order valence-corrected chi connectivity index (χ1v) is 15.7. The number of amides is 2. The van der Waals surface area contributed by atoms with E-state index in [1.54, 1.807) is 29.2 Å². The molecule has 224 valence electrons. The minimum Gasteiger partial charge on any atom is -0.340 e. The fraction of sp³-hybridized carbons (Fsp3) is 0.533. The van der Waals surface area contributed by atoms with Crippen LogP contribution >= 0.6 is 0 Å². The topological polar surface area (TPSA) is 95.6 Å². The lowest BCUT2D eigenvalue weighted by Crippen LogP contribution is -2.52. The van der Waals surface area contributed by atoms with Crippen molar-refractivity contribution in [2.24, 2.45) is 11.8 Å². The van der Waals surface area contributed by atoms with E-state index in [9.17, 15) is 31.2 Å². The molecule has 7 nitrogen and oxygen atoms in total. The molecule has 2 aromatic rings. The van der Waals surface area contributed by atoms with Crippen LogP contribution in [0.1, 0.15) is 61.0 Å². The van der Waals surface area contributed by atoms with Gasteiger partial charge >= 0.3 is 6.18 Å². The van der Waals surface area contributed by atoms with Crippen molar-refractivity contribution in [2.45, 2.75) is 75.7 Å². The molecule has 41 heavy (non-hydrogen) atoms. The highest BCUT2D eigenvalue weighted by Crippen LogP contribution is 2.34. The second kappa shape index (κ2) is 12.5. The molecule has 0 bridgehead atoms. The predicted molar refractivity (Wildman–Crippen MR) is 150 cm³/mol. The Hall–Kier alpha value is -2.92. The van der Waals surface area contributed by atoms with E-state index in [1.165, 1.54) is 6.07 Å². The maximum atomic E-state index is 13.5. The summed E-state index contributed by atoms with van der Waals surface area (Å²) >= 11 is 0. The summed E-state index contributed by atoms with van der Waals surface area (Å²) in [6.07, 6.45) is -2.31. The Morgan fingerprint density at radius 2 is 1.78 bits per heavy atom. The molecule has 2 aliphatic rings. The number of benzene rings is 2. The molecule has 4 atom stereocenters. The zero-order valence-electron chi connectivity index (χ0n) is 23.6. The summed E-state index contributed by atoms with van der Waals surface area (Å²) in [6, 6.07) is 9.75. The van der Waals surface area contributed by atoms with Crippen LogP contribution in [-0.4, -0.2) is 62.1 Å². The summed E-state index contributed by atoms with van der Waals surface area (Å²) in [5, 5.41) is 6.14. The average Bonchev–Trinajstić information content (AvgIpc) is 3.26. The molecular formula is C30H38F3N3O4S. The van der Waals surface area contributed by atoms with Gasteiger partial charge in [0.25, 0.3) is 5.91 Å². The molecule has 1 saturated carbocycles. The predicted octanol–water partition coefficient (Wildman–Crippen LogP) is 4.60. The molecule has 1 aliphatic carbocycles. The number of nitrogens with one attached hydrogen (secondary N) is 2. The monoisotopic (exact) mass is 593 g/mol. The van der Waals surface area contributed by atoms with E-state index < -0.39 is 33.5 Å². The standard InChI is InChI=1S/C30H38F3N3O4S/c1-19(2)17-34-24-9-12-27(22(16-24)18-41(39,40)25-10-7-20(3)8-11-25)36-14-13-26(29(36)38)35-28(37)21-5-4-6-23(15-21)30(31,32)33/h4-8,10-11,15,19,22,24,26-27,34H,9,12-14,16-18H2,1-3H3,(H,35,37)/t22-,24+,26-,27-/m0/s1. The van der Waals surface area contributed by atoms with Crippen molar-refractivity contribution >= 4 is 21.7 Å². The van der Waals surface area contributed by atoms with Crippen molar-refractivity contribution in [1.29, 1.82) is 0 Å². The maximum absolute atomic E-state index is 13.5. The fourth-order valence-corrected chi connectivity index (χ4v) is 7.46. The number of sulfone groups is 1. The molecule has 4 rings (SSSR count). The third-order valence-electron chi connectivity index (χ3n) is 7.97. The van der Waals surface area contributed by atoms with E-state index in [4.69, 9.17) is 0 Å². The van der Waals surface area contributed by atoms with Crippen molar-refractivity contribution in [3.63, 3.8) is 0 Å². The first kappa shape index (κ1) is 31.0. The van der Waals surface area contributed by atoms with E-state index >= 15 is 0 Å². The second-order valence-electron chi connectivity index (χ2n) is 11.7. The Labute approximate surface area is 239 Å². The van der Waals surface area contributed by atoms with Crippen LogP contribution in [0.5, 0.6) is 0 Å². The maximum Gasteiger partial charge on any atom is 0.416 e. The molecule has 0 spiro atoms. The third-order valence-corrected chi connectivity index (χ3v) is 9.83. The number of alkyl halides is 3. The minimum absolute atomic E-state index is 0.106. The Morgan fingerprint density at radius 3 is 2.44 bits per heavy atom. The molecule has 0 unspecified atom stereocenters. The number of hydrogen-bond donors (Lipinski definition) is 2. The molecule has 0 aromatic heterocycles. The summed E-state index contributed by atoms with van der Waals surface area (Å²) in [5.74, 6) is -1.07. The molecule has 1 heterocycles. The zero-order chi connectivity index (χ0) is 29.9. The SMILES string of the molecule is Cc1ccc(S(=O)(=O)C[C@@H]2C[C@H](NCC(C)C)CC[C@@H]2N2CC[C@H](NC(=O)c3cccc(C(F)(F)F)c3)C2=O)cc1. The molecule has 2 N–H and O–H groups in total.